The average Bonchev–Trinajstić information content (AvgIpc) is 2.50. The van der Waals surface area contributed by atoms with E-state index in [9.17, 15) is 9.59 Å². The molecule has 0 saturated carbocycles. The minimum atomic E-state index is -0.157. The lowest BCUT2D eigenvalue weighted by atomic mass is 10.1. The normalized spacial score (nSPS) is 10.5. The van der Waals surface area contributed by atoms with Crippen LogP contribution in [0.25, 0.3) is 0 Å². The molecule has 0 atom stereocenters. The summed E-state index contributed by atoms with van der Waals surface area (Å²) >= 11 is 1.22. The molecule has 0 spiro atoms. The predicted octanol–water partition coefficient (Wildman–Crippen LogP) is 2.10. The summed E-state index contributed by atoms with van der Waals surface area (Å²) in [6, 6.07) is 8.01. The van der Waals surface area contributed by atoms with Crippen LogP contribution in [-0.2, 0) is 11.3 Å². The zero-order valence-electron chi connectivity index (χ0n) is 12.9. The fourth-order valence-corrected chi connectivity index (χ4v) is 2.52. The number of carbonyl (C=O) groups is 1. The first kappa shape index (κ1) is 16.3. The van der Waals surface area contributed by atoms with Crippen molar-refractivity contribution in [2.75, 3.05) is 5.75 Å². The van der Waals surface area contributed by atoms with Crippen LogP contribution < -0.4 is 10.9 Å². The van der Waals surface area contributed by atoms with E-state index in [4.69, 9.17) is 0 Å². The summed E-state index contributed by atoms with van der Waals surface area (Å²) in [5, 5.41) is 3.32. The first-order valence-electron chi connectivity index (χ1n) is 6.98. The van der Waals surface area contributed by atoms with Gasteiger partial charge < -0.3 is 10.3 Å². The van der Waals surface area contributed by atoms with Crippen molar-refractivity contribution in [1.29, 1.82) is 0 Å². The highest BCUT2D eigenvalue weighted by atomic mass is 32.2. The van der Waals surface area contributed by atoms with Gasteiger partial charge >= 0.3 is 0 Å². The number of amides is 1. The lowest BCUT2D eigenvalue weighted by Crippen LogP contribution is -2.25. The molecular formula is C16H19N3O2S. The van der Waals surface area contributed by atoms with Gasteiger partial charge in [-0.05, 0) is 26.3 Å². The van der Waals surface area contributed by atoms with E-state index in [0.717, 1.165) is 5.56 Å². The summed E-state index contributed by atoms with van der Waals surface area (Å²) in [7, 11) is 0. The number of hydrogen-bond acceptors (Lipinski definition) is 4. The van der Waals surface area contributed by atoms with Gasteiger partial charge in [-0.1, -0.05) is 41.6 Å². The molecule has 0 saturated heterocycles. The summed E-state index contributed by atoms with van der Waals surface area (Å²) in [6.07, 6.45) is 0. The monoisotopic (exact) mass is 317 g/mol. The molecule has 1 heterocycles. The Bertz CT molecular complexity index is 723. The highest BCUT2D eigenvalue weighted by Gasteiger charge is 2.07. The smallest absolute Gasteiger partial charge is 0.254 e. The molecule has 2 aromatic rings. The van der Waals surface area contributed by atoms with Crippen LogP contribution in [0.3, 0.4) is 0 Å². The number of nitrogens with zero attached hydrogens (tertiary/aromatic N) is 1. The van der Waals surface area contributed by atoms with Gasteiger partial charge in [-0.25, -0.2) is 4.98 Å². The Morgan fingerprint density at radius 1 is 1.23 bits per heavy atom. The number of H-pyrrole nitrogens is 1. The van der Waals surface area contributed by atoms with Crippen LogP contribution in [0.4, 0.5) is 0 Å². The molecule has 116 valence electrons. The van der Waals surface area contributed by atoms with Crippen LogP contribution in [0.1, 0.15) is 22.4 Å². The van der Waals surface area contributed by atoms with Gasteiger partial charge in [0.15, 0.2) is 5.16 Å². The third-order valence-electron chi connectivity index (χ3n) is 3.32. The van der Waals surface area contributed by atoms with Crippen LogP contribution in [-0.4, -0.2) is 21.6 Å². The Balaban J connectivity index is 1.85. The van der Waals surface area contributed by atoms with E-state index >= 15 is 0 Å². The molecular weight excluding hydrogens is 298 g/mol. The van der Waals surface area contributed by atoms with E-state index in [1.54, 1.807) is 13.8 Å². The van der Waals surface area contributed by atoms with Gasteiger partial charge in [-0.15, -0.1) is 0 Å². The van der Waals surface area contributed by atoms with Gasteiger partial charge in [0.25, 0.3) is 5.56 Å². The second kappa shape index (κ2) is 7.26. The third-order valence-corrected chi connectivity index (χ3v) is 4.20. The number of aromatic nitrogens is 2. The Kier molecular flexibility index (Phi) is 5.38. The van der Waals surface area contributed by atoms with Crippen molar-refractivity contribution in [3.8, 4) is 0 Å². The number of aromatic amines is 1. The number of rotatable bonds is 5. The van der Waals surface area contributed by atoms with Gasteiger partial charge in [0.05, 0.1) is 5.75 Å². The van der Waals surface area contributed by atoms with Crippen molar-refractivity contribution in [2.24, 2.45) is 0 Å². The maximum absolute atomic E-state index is 11.8. The highest BCUT2D eigenvalue weighted by Crippen LogP contribution is 2.12. The summed E-state index contributed by atoms with van der Waals surface area (Å²) in [4.78, 5) is 30.4. The van der Waals surface area contributed by atoms with Crippen molar-refractivity contribution in [3.63, 3.8) is 0 Å². The quantitative estimate of drug-likeness (QED) is 0.654. The van der Waals surface area contributed by atoms with Crippen molar-refractivity contribution >= 4 is 17.7 Å². The Morgan fingerprint density at radius 3 is 2.55 bits per heavy atom. The minimum absolute atomic E-state index is 0.0912. The fraction of sp³-hybridized carbons (Fsp3) is 0.312. The number of thioether (sulfide) groups is 1. The van der Waals surface area contributed by atoms with E-state index in [1.807, 2.05) is 31.2 Å². The first-order valence-corrected chi connectivity index (χ1v) is 7.97. The van der Waals surface area contributed by atoms with Crippen molar-refractivity contribution < 1.29 is 4.79 Å². The Hall–Kier alpha value is -2.08. The van der Waals surface area contributed by atoms with E-state index in [1.165, 1.54) is 17.3 Å². The second-order valence-corrected chi connectivity index (χ2v) is 6.10. The summed E-state index contributed by atoms with van der Waals surface area (Å²) in [6.45, 7) is 6.03. The number of hydrogen-bond donors (Lipinski definition) is 2. The molecule has 0 bridgehead atoms. The largest absolute Gasteiger partial charge is 0.351 e. The highest BCUT2D eigenvalue weighted by molar-refractivity contribution is 7.99. The summed E-state index contributed by atoms with van der Waals surface area (Å²) in [5.74, 6) is 0.128. The van der Waals surface area contributed by atoms with E-state index in [-0.39, 0.29) is 17.2 Å². The molecule has 5 nitrogen and oxygen atoms in total. The first-order chi connectivity index (χ1) is 10.5. The van der Waals surface area contributed by atoms with Gasteiger partial charge in [-0.2, -0.15) is 0 Å². The number of aryl methyl sites for hydroxylation is 2. The van der Waals surface area contributed by atoms with Gasteiger partial charge in [0, 0.05) is 17.8 Å². The van der Waals surface area contributed by atoms with Crippen LogP contribution in [0.5, 0.6) is 0 Å². The van der Waals surface area contributed by atoms with Crippen molar-refractivity contribution in [3.05, 3.63) is 57.0 Å². The molecule has 22 heavy (non-hydrogen) atoms. The molecule has 1 aromatic carbocycles. The molecule has 2 rings (SSSR count). The van der Waals surface area contributed by atoms with Gasteiger partial charge in [-0.3, -0.25) is 9.59 Å². The molecule has 0 unspecified atom stereocenters. The zero-order valence-corrected chi connectivity index (χ0v) is 13.7. The second-order valence-electron chi connectivity index (χ2n) is 5.13. The molecule has 0 radical (unpaired) electrons. The topological polar surface area (TPSA) is 74.8 Å². The number of benzene rings is 1. The maximum Gasteiger partial charge on any atom is 0.254 e. The van der Waals surface area contributed by atoms with E-state index in [2.05, 4.69) is 15.3 Å². The van der Waals surface area contributed by atoms with Crippen molar-refractivity contribution in [1.82, 2.24) is 15.3 Å². The Labute approximate surface area is 133 Å². The molecule has 0 aliphatic carbocycles. The van der Waals surface area contributed by atoms with Crippen LogP contribution >= 0.6 is 11.8 Å². The molecule has 0 fully saturated rings. The lowest BCUT2D eigenvalue weighted by molar-refractivity contribution is -0.118. The molecule has 6 heteroatoms. The predicted molar refractivity (Wildman–Crippen MR) is 88.1 cm³/mol. The molecule has 1 aromatic heterocycles. The maximum atomic E-state index is 11.8. The van der Waals surface area contributed by atoms with Crippen LogP contribution in [0.2, 0.25) is 0 Å². The Morgan fingerprint density at radius 2 is 1.91 bits per heavy atom. The average molecular weight is 317 g/mol. The summed E-state index contributed by atoms with van der Waals surface area (Å²) in [5.41, 5.74) is 3.38. The molecule has 2 N–H and O–H groups in total. The third kappa shape index (κ3) is 4.46. The zero-order chi connectivity index (χ0) is 16.1. The lowest BCUT2D eigenvalue weighted by Gasteiger charge is -2.06. The van der Waals surface area contributed by atoms with E-state index < -0.39 is 0 Å². The number of carbonyl (C=O) groups excluding carboxylic acids is 1. The molecule has 0 aliphatic rings. The standard InChI is InChI=1S/C16H19N3O2S/c1-10-4-6-13(7-5-10)8-17-14(20)9-22-16-18-12(3)11(2)15(21)19-16/h4-7H,8-9H2,1-3H3,(H,17,20)(H,18,19,21). The molecule has 1 amide bonds. The van der Waals surface area contributed by atoms with Crippen LogP contribution in [0.15, 0.2) is 34.2 Å². The van der Waals surface area contributed by atoms with Crippen LogP contribution in [0, 0.1) is 20.8 Å². The van der Waals surface area contributed by atoms with Gasteiger partial charge in [0.1, 0.15) is 0 Å². The summed E-state index contributed by atoms with van der Waals surface area (Å²) < 4.78 is 0. The van der Waals surface area contributed by atoms with E-state index in [0.29, 0.717) is 23.0 Å². The minimum Gasteiger partial charge on any atom is -0.351 e. The molecule has 0 aliphatic heterocycles. The number of nitrogens with one attached hydrogen (secondary N) is 2. The fourth-order valence-electron chi connectivity index (χ4n) is 1.78. The van der Waals surface area contributed by atoms with Crippen molar-refractivity contribution in [2.45, 2.75) is 32.5 Å². The SMILES string of the molecule is Cc1ccc(CNC(=O)CSc2nc(C)c(C)c(=O)[nH]2)cc1. The van der Waals surface area contributed by atoms with Gasteiger partial charge in [0.2, 0.25) is 5.91 Å².